The second-order valence-corrected chi connectivity index (χ2v) is 9.40. The number of aromatic nitrogens is 2. The number of anilines is 1. The van der Waals surface area contributed by atoms with Gasteiger partial charge in [0, 0.05) is 16.6 Å². The number of para-hydroxylation sites is 2. The largest absolute Gasteiger partial charge is 0.308 e. The van der Waals surface area contributed by atoms with Crippen LogP contribution >= 0.6 is 27.3 Å². The molecule has 3 heterocycles. The van der Waals surface area contributed by atoms with Crippen LogP contribution in [0.25, 0.3) is 21.6 Å². The smallest absolute Gasteiger partial charge is 0.275 e. The van der Waals surface area contributed by atoms with Crippen molar-refractivity contribution in [3.8, 4) is 0 Å². The molecule has 0 radical (unpaired) electrons. The molecule has 0 N–H and O–H groups in total. The van der Waals surface area contributed by atoms with Crippen LogP contribution in [0.3, 0.4) is 0 Å². The molecule has 4 aromatic rings. The van der Waals surface area contributed by atoms with E-state index in [-0.39, 0.29) is 11.5 Å². The van der Waals surface area contributed by atoms with Crippen molar-refractivity contribution in [1.82, 2.24) is 9.38 Å². The highest BCUT2D eigenvalue weighted by Crippen LogP contribution is 2.37. The van der Waals surface area contributed by atoms with Crippen molar-refractivity contribution in [2.75, 3.05) is 11.4 Å². The maximum atomic E-state index is 13.5. The Labute approximate surface area is 185 Å². The number of halogens is 1. The third-order valence-electron chi connectivity index (χ3n) is 5.56. The van der Waals surface area contributed by atoms with Gasteiger partial charge < -0.3 is 4.90 Å². The first-order valence-electron chi connectivity index (χ1n) is 10.2. The van der Waals surface area contributed by atoms with Crippen LogP contribution in [0.4, 0.5) is 5.69 Å². The van der Waals surface area contributed by atoms with Crippen LogP contribution in [0.2, 0.25) is 0 Å². The van der Waals surface area contributed by atoms with Gasteiger partial charge in [-0.1, -0.05) is 65.6 Å². The number of amides is 1. The van der Waals surface area contributed by atoms with E-state index in [1.165, 1.54) is 11.3 Å². The number of carbonyl (C=O) groups excluding carboxylic acids is 1. The zero-order chi connectivity index (χ0) is 20.8. The van der Waals surface area contributed by atoms with Gasteiger partial charge in [0.1, 0.15) is 4.53 Å². The minimum Gasteiger partial charge on any atom is -0.308 e. The lowest BCUT2D eigenvalue weighted by Crippen LogP contribution is -2.32. The lowest BCUT2D eigenvalue weighted by molar-refractivity contribution is -0.113. The van der Waals surface area contributed by atoms with Gasteiger partial charge in [-0.25, -0.2) is 9.38 Å². The molecule has 2 aromatic carbocycles. The summed E-state index contributed by atoms with van der Waals surface area (Å²) >= 11 is 4.81. The average Bonchev–Trinajstić information content (AvgIpc) is 3.34. The summed E-state index contributed by atoms with van der Waals surface area (Å²) in [6, 6.07) is 13.4. The first-order valence-corrected chi connectivity index (χ1v) is 11.8. The predicted molar refractivity (Wildman–Crippen MR) is 125 cm³/mol. The molecule has 0 saturated carbocycles. The Balaban J connectivity index is 1.71. The number of fused-ring (bicyclic) bond motifs is 4. The SMILES string of the molecule is CCCCCCN1C(=O)/C(=c2\sc3nc4ccccc4n3c2=O)c2cc(Br)ccc21. The summed E-state index contributed by atoms with van der Waals surface area (Å²) in [6.07, 6.45) is 4.35. The number of unbranched alkanes of at least 4 members (excludes halogenated alkanes) is 3. The molecule has 1 aliphatic rings. The summed E-state index contributed by atoms with van der Waals surface area (Å²) in [5.74, 6) is -0.0921. The molecular formula is C23H20BrN3O2S. The molecule has 30 heavy (non-hydrogen) atoms. The first-order chi connectivity index (χ1) is 14.6. The lowest BCUT2D eigenvalue weighted by Gasteiger charge is -2.16. The van der Waals surface area contributed by atoms with Gasteiger partial charge in [-0.15, -0.1) is 0 Å². The van der Waals surface area contributed by atoms with Gasteiger partial charge >= 0.3 is 0 Å². The fourth-order valence-electron chi connectivity index (χ4n) is 4.10. The van der Waals surface area contributed by atoms with Crippen LogP contribution in [0.15, 0.2) is 51.7 Å². The number of rotatable bonds is 5. The van der Waals surface area contributed by atoms with Crippen molar-refractivity contribution in [3.05, 3.63) is 67.4 Å². The van der Waals surface area contributed by atoms with E-state index in [1.807, 2.05) is 47.4 Å². The van der Waals surface area contributed by atoms with Crippen molar-refractivity contribution in [1.29, 1.82) is 0 Å². The Bertz CT molecular complexity index is 1410. The Morgan fingerprint density at radius 3 is 2.73 bits per heavy atom. The minimum atomic E-state index is -0.175. The second-order valence-electron chi connectivity index (χ2n) is 7.51. The second kappa shape index (κ2) is 7.63. The quantitative estimate of drug-likeness (QED) is 0.393. The predicted octanol–water partition coefficient (Wildman–Crippen LogP) is 4.52. The van der Waals surface area contributed by atoms with Gasteiger partial charge in [0.25, 0.3) is 11.5 Å². The number of hydrogen-bond donors (Lipinski definition) is 0. The fraction of sp³-hybridized carbons (Fsp3) is 0.261. The minimum absolute atomic E-state index is 0.0921. The van der Waals surface area contributed by atoms with Crippen molar-refractivity contribution < 1.29 is 4.79 Å². The molecule has 2 aromatic heterocycles. The monoisotopic (exact) mass is 481 g/mol. The first kappa shape index (κ1) is 19.5. The Hall–Kier alpha value is -2.51. The molecule has 5 rings (SSSR count). The highest BCUT2D eigenvalue weighted by molar-refractivity contribution is 9.10. The van der Waals surface area contributed by atoms with Crippen LogP contribution < -0.4 is 15.0 Å². The van der Waals surface area contributed by atoms with Gasteiger partial charge in [0.15, 0.2) is 4.96 Å². The topological polar surface area (TPSA) is 54.7 Å². The van der Waals surface area contributed by atoms with Crippen molar-refractivity contribution in [2.45, 2.75) is 32.6 Å². The zero-order valence-corrected chi connectivity index (χ0v) is 18.9. The maximum absolute atomic E-state index is 13.5. The van der Waals surface area contributed by atoms with Crippen LogP contribution in [0, 0.1) is 0 Å². The molecule has 1 aliphatic heterocycles. The number of hydrogen-bond acceptors (Lipinski definition) is 4. The van der Waals surface area contributed by atoms with Gasteiger partial charge in [-0.3, -0.25) is 9.59 Å². The molecule has 1 amide bonds. The molecule has 0 saturated heterocycles. The molecule has 0 fully saturated rings. The molecule has 0 bridgehead atoms. The lowest BCUT2D eigenvalue weighted by atomic mass is 10.1. The summed E-state index contributed by atoms with van der Waals surface area (Å²) in [4.78, 5) is 33.9. The standard InChI is InChI=1S/C23H20BrN3O2S/c1-2-3-4-7-12-26-17-11-10-14(24)13-15(17)19(21(26)28)20-22(29)27-18-9-6-5-8-16(18)25-23(27)30-20/h5-6,8-11,13H,2-4,7,12H2,1H3/b20-19-. The fourth-order valence-corrected chi connectivity index (χ4v) is 5.54. The number of nitrogens with zero attached hydrogens (tertiary/aromatic N) is 3. The summed E-state index contributed by atoms with van der Waals surface area (Å²) < 4.78 is 2.97. The van der Waals surface area contributed by atoms with Crippen molar-refractivity contribution in [3.63, 3.8) is 0 Å². The number of imidazole rings is 1. The van der Waals surface area contributed by atoms with E-state index in [0.717, 1.165) is 52.4 Å². The molecule has 0 spiro atoms. The zero-order valence-electron chi connectivity index (χ0n) is 16.5. The Kier molecular flexibility index (Phi) is 4.95. The molecule has 152 valence electrons. The molecule has 7 heteroatoms. The average molecular weight is 482 g/mol. The van der Waals surface area contributed by atoms with Gasteiger partial charge in [0.05, 0.1) is 22.3 Å². The summed E-state index contributed by atoms with van der Waals surface area (Å²) in [6.45, 7) is 2.84. The molecule has 0 atom stereocenters. The van der Waals surface area contributed by atoms with Gasteiger partial charge in [-0.05, 0) is 36.8 Å². The maximum Gasteiger partial charge on any atom is 0.275 e. The van der Waals surface area contributed by atoms with E-state index in [2.05, 4.69) is 27.8 Å². The van der Waals surface area contributed by atoms with Gasteiger partial charge in [0.2, 0.25) is 0 Å². The number of benzene rings is 2. The highest BCUT2D eigenvalue weighted by Gasteiger charge is 2.34. The van der Waals surface area contributed by atoms with E-state index < -0.39 is 0 Å². The molecule has 0 aliphatic carbocycles. The van der Waals surface area contributed by atoms with E-state index in [4.69, 9.17) is 0 Å². The third kappa shape index (κ3) is 2.99. The Morgan fingerprint density at radius 1 is 1.07 bits per heavy atom. The highest BCUT2D eigenvalue weighted by atomic mass is 79.9. The third-order valence-corrected chi connectivity index (χ3v) is 7.09. The number of thiazole rings is 1. The van der Waals surface area contributed by atoms with Gasteiger partial charge in [-0.2, -0.15) is 0 Å². The summed E-state index contributed by atoms with van der Waals surface area (Å²) in [7, 11) is 0. The van der Waals surface area contributed by atoms with Crippen molar-refractivity contribution in [2.24, 2.45) is 0 Å². The van der Waals surface area contributed by atoms with E-state index >= 15 is 0 Å². The van der Waals surface area contributed by atoms with E-state index in [0.29, 0.717) is 21.6 Å². The van der Waals surface area contributed by atoms with Crippen LogP contribution in [0.1, 0.15) is 38.2 Å². The molecule has 0 unspecified atom stereocenters. The summed E-state index contributed by atoms with van der Waals surface area (Å²) in [5, 5.41) is 0. The summed E-state index contributed by atoms with van der Waals surface area (Å²) in [5.41, 5.74) is 3.57. The Morgan fingerprint density at radius 2 is 1.90 bits per heavy atom. The van der Waals surface area contributed by atoms with Crippen LogP contribution in [-0.2, 0) is 4.79 Å². The van der Waals surface area contributed by atoms with Crippen LogP contribution in [-0.4, -0.2) is 21.8 Å². The van der Waals surface area contributed by atoms with E-state index in [1.54, 1.807) is 4.40 Å². The van der Waals surface area contributed by atoms with E-state index in [9.17, 15) is 9.59 Å². The molecular weight excluding hydrogens is 462 g/mol. The van der Waals surface area contributed by atoms with Crippen molar-refractivity contribution >= 4 is 60.4 Å². The molecule has 5 nitrogen and oxygen atoms in total. The number of carbonyl (C=O) groups is 1. The normalized spacial score (nSPS) is 15.5. The van der Waals surface area contributed by atoms with Crippen LogP contribution in [0.5, 0.6) is 0 Å².